The van der Waals surface area contributed by atoms with Crippen molar-refractivity contribution in [2.75, 3.05) is 0 Å². The molecule has 4 unspecified atom stereocenters. The summed E-state index contributed by atoms with van der Waals surface area (Å²) in [6.07, 6.45) is 29.5. The fraction of sp³-hybridized carbons (Fsp3) is 0.821. The van der Waals surface area contributed by atoms with Crippen LogP contribution in [0.2, 0.25) is 0 Å². The molecule has 7 aliphatic rings. The Hall–Kier alpha value is -1.56. The Morgan fingerprint density at radius 3 is 1.15 bits per heavy atom. The molecular formula is C67H120. The molecule has 2 bridgehead atoms. The molecule has 0 amide bonds. The van der Waals surface area contributed by atoms with Gasteiger partial charge in [0, 0.05) is 5.41 Å². The zero-order valence-electron chi connectivity index (χ0n) is 49.5. The average Bonchev–Trinajstić information content (AvgIpc) is 4.09. The third-order valence-electron chi connectivity index (χ3n) is 18.0. The lowest BCUT2D eigenvalue weighted by Gasteiger charge is -2.40. The molecule has 2 aromatic carbocycles. The van der Waals surface area contributed by atoms with Crippen molar-refractivity contribution in [2.45, 2.75) is 279 Å². The molecule has 6 saturated carbocycles. The van der Waals surface area contributed by atoms with Gasteiger partial charge in [0.25, 0.3) is 0 Å². The minimum atomic E-state index is 0.160. The molecule has 0 saturated heterocycles. The van der Waals surface area contributed by atoms with E-state index in [-0.39, 0.29) is 5.41 Å². The van der Waals surface area contributed by atoms with Crippen LogP contribution in [0.5, 0.6) is 0 Å². The molecule has 0 spiro atoms. The normalized spacial score (nSPS) is 26.3. The van der Waals surface area contributed by atoms with E-state index >= 15 is 0 Å². The Morgan fingerprint density at radius 1 is 0.507 bits per heavy atom. The Morgan fingerprint density at radius 2 is 0.866 bits per heavy atom. The van der Waals surface area contributed by atoms with Crippen molar-refractivity contribution in [3.63, 3.8) is 0 Å². The van der Waals surface area contributed by atoms with Crippen LogP contribution in [-0.4, -0.2) is 0 Å². The standard InChI is InChI=1S/C15H14.C12H24.C11H18.C8H16.C7H14.2C6H14.C2H6/c1-15(2)13-9-5-3-7-11(13)12-8-4-6-10-14(12)15;1-11(2,3)10-6-8-12(4,5)9-7-10;1-7-4-10-8-2-3-9(6-8)11(10)5-7;1-8(2)6-4-3-5-7-8;1-7(2)5-3-4-6-7;1-5(2)6(3)4;1-4-5-6(2)3;1-2/h3-10H,1-2H3;10H,6-9H2,1-5H3;7-11H,2-6H2,1H3;3-7H2,1-2H3;3-6H2,1-2H3;5-6H,1-4H3;6H,4-5H2,1-3H3;1-2H3. The van der Waals surface area contributed by atoms with Crippen molar-refractivity contribution in [1.29, 1.82) is 0 Å². The number of fused-ring (bicyclic) bond motifs is 8. The Kier molecular flexibility index (Phi) is 26.2. The molecule has 0 radical (unpaired) electrons. The second-order valence-corrected chi connectivity index (χ2v) is 28.0. The highest BCUT2D eigenvalue weighted by Gasteiger charge is 2.50. The molecule has 6 fully saturated rings. The summed E-state index contributed by atoms with van der Waals surface area (Å²) in [5, 5.41) is 0. The molecular weight excluding hydrogens is 805 g/mol. The lowest BCUT2D eigenvalue weighted by molar-refractivity contribution is 0.111. The van der Waals surface area contributed by atoms with Crippen LogP contribution in [0, 0.1) is 74.9 Å². The van der Waals surface area contributed by atoms with Gasteiger partial charge in [-0.2, -0.15) is 0 Å². The Labute approximate surface area is 423 Å². The van der Waals surface area contributed by atoms with E-state index in [1.807, 2.05) is 13.8 Å². The summed E-state index contributed by atoms with van der Waals surface area (Å²) in [5.41, 5.74) is 8.40. The maximum atomic E-state index is 2.46. The first-order valence-corrected chi connectivity index (χ1v) is 29.4. The fourth-order valence-electron chi connectivity index (χ4n) is 12.6. The smallest absolute Gasteiger partial charge is 0.0158 e. The summed E-state index contributed by atoms with van der Waals surface area (Å²) in [6.45, 7) is 48.2. The van der Waals surface area contributed by atoms with Gasteiger partial charge in [0.1, 0.15) is 0 Å². The van der Waals surface area contributed by atoms with E-state index in [1.165, 1.54) is 142 Å². The summed E-state index contributed by atoms with van der Waals surface area (Å²) in [6, 6.07) is 17.4. The number of hydrogen-bond donors (Lipinski definition) is 0. The molecule has 0 aliphatic heterocycles. The monoisotopic (exact) mass is 925 g/mol. The van der Waals surface area contributed by atoms with E-state index in [0.717, 1.165) is 29.6 Å². The third kappa shape index (κ3) is 21.0. The van der Waals surface area contributed by atoms with Crippen LogP contribution in [0.3, 0.4) is 0 Å². The first-order chi connectivity index (χ1) is 31.2. The van der Waals surface area contributed by atoms with Crippen LogP contribution >= 0.6 is 0 Å². The van der Waals surface area contributed by atoms with E-state index in [2.05, 4.69) is 180 Å². The Balaban J connectivity index is 0.000000274. The molecule has 0 nitrogen and oxygen atoms in total. The summed E-state index contributed by atoms with van der Waals surface area (Å²) in [4.78, 5) is 0. The van der Waals surface area contributed by atoms with Crippen molar-refractivity contribution in [1.82, 2.24) is 0 Å². The summed E-state index contributed by atoms with van der Waals surface area (Å²) < 4.78 is 0. The lowest BCUT2D eigenvalue weighted by Crippen LogP contribution is -2.29. The predicted octanol–water partition coefficient (Wildman–Crippen LogP) is 22.7. The van der Waals surface area contributed by atoms with Crippen LogP contribution in [0.4, 0.5) is 0 Å². The summed E-state index contributed by atoms with van der Waals surface area (Å²) in [5.74, 6) is 9.35. The van der Waals surface area contributed by atoms with Crippen molar-refractivity contribution in [3.8, 4) is 11.1 Å². The van der Waals surface area contributed by atoms with Crippen LogP contribution in [0.1, 0.15) is 285 Å². The molecule has 0 heterocycles. The second kappa shape index (κ2) is 28.5. The lowest BCUT2D eigenvalue weighted by atomic mass is 9.65. The van der Waals surface area contributed by atoms with Gasteiger partial charge in [0.05, 0.1) is 0 Å². The van der Waals surface area contributed by atoms with Crippen molar-refractivity contribution in [2.24, 2.45) is 74.9 Å². The fourth-order valence-corrected chi connectivity index (χ4v) is 12.6. The van der Waals surface area contributed by atoms with Gasteiger partial charge in [-0.25, -0.2) is 0 Å². The summed E-state index contributed by atoms with van der Waals surface area (Å²) in [7, 11) is 0. The first-order valence-electron chi connectivity index (χ1n) is 29.4. The molecule has 0 heteroatoms. The number of rotatable bonds is 3. The maximum absolute atomic E-state index is 2.46. The zero-order valence-corrected chi connectivity index (χ0v) is 49.5. The molecule has 7 aliphatic carbocycles. The van der Waals surface area contributed by atoms with Gasteiger partial charge in [0.2, 0.25) is 0 Å². The molecule has 4 atom stereocenters. The molecule has 0 aromatic heterocycles. The number of hydrogen-bond acceptors (Lipinski definition) is 0. The predicted molar refractivity (Wildman–Crippen MR) is 305 cm³/mol. The van der Waals surface area contributed by atoms with Gasteiger partial charge >= 0.3 is 0 Å². The number of benzene rings is 2. The van der Waals surface area contributed by atoms with E-state index < -0.39 is 0 Å². The molecule has 2 aromatic rings. The van der Waals surface area contributed by atoms with Crippen molar-refractivity contribution >= 4 is 0 Å². The summed E-state index contributed by atoms with van der Waals surface area (Å²) >= 11 is 0. The van der Waals surface area contributed by atoms with Crippen LogP contribution in [-0.2, 0) is 5.41 Å². The van der Waals surface area contributed by atoms with Crippen molar-refractivity contribution in [3.05, 3.63) is 59.7 Å². The van der Waals surface area contributed by atoms with E-state index in [9.17, 15) is 0 Å². The molecule has 0 N–H and O–H groups in total. The van der Waals surface area contributed by atoms with Gasteiger partial charge < -0.3 is 0 Å². The minimum Gasteiger partial charge on any atom is -0.0683 e. The van der Waals surface area contributed by atoms with Gasteiger partial charge in [-0.15, -0.1) is 0 Å². The van der Waals surface area contributed by atoms with Gasteiger partial charge in [-0.05, 0) is 181 Å². The first kappa shape index (κ1) is 61.6. The average molecular weight is 926 g/mol. The van der Waals surface area contributed by atoms with Crippen LogP contribution in [0.15, 0.2) is 48.5 Å². The highest BCUT2D eigenvalue weighted by atomic mass is 14.6. The maximum Gasteiger partial charge on any atom is 0.0158 e. The SMILES string of the molecule is CC.CC(C)C(C)C.CC1(C)CCC(C(C)(C)C)CC1.CC1(C)CCCC1.CC1(C)CCCCC1.CC1(C)c2ccccc2-c2ccccc21.CC1CC2C3CCC(C3)C2C1.CCCC(C)C. The molecule has 388 valence electrons. The van der Waals surface area contributed by atoms with Crippen LogP contribution < -0.4 is 0 Å². The quantitative estimate of drug-likeness (QED) is 0.288. The highest BCUT2D eigenvalue weighted by Crippen LogP contribution is 2.60. The van der Waals surface area contributed by atoms with E-state index in [1.54, 1.807) is 32.1 Å². The molecule has 67 heavy (non-hydrogen) atoms. The van der Waals surface area contributed by atoms with Crippen LogP contribution in [0.25, 0.3) is 11.1 Å². The Bertz CT molecular complexity index is 1500. The van der Waals surface area contributed by atoms with Gasteiger partial charge in [-0.1, -0.05) is 239 Å². The highest BCUT2D eigenvalue weighted by molar-refractivity contribution is 5.80. The topological polar surface area (TPSA) is 0 Å². The minimum absolute atomic E-state index is 0.160. The van der Waals surface area contributed by atoms with E-state index in [0.29, 0.717) is 21.7 Å². The largest absolute Gasteiger partial charge is 0.0683 e. The van der Waals surface area contributed by atoms with Gasteiger partial charge in [0.15, 0.2) is 0 Å². The van der Waals surface area contributed by atoms with Crippen molar-refractivity contribution < 1.29 is 0 Å². The van der Waals surface area contributed by atoms with E-state index in [4.69, 9.17) is 0 Å². The molecule has 9 rings (SSSR count). The van der Waals surface area contributed by atoms with Gasteiger partial charge in [-0.3, -0.25) is 0 Å². The third-order valence-corrected chi connectivity index (χ3v) is 18.0. The zero-order chi connectivity index (χ0) is 50.8. The second-order valence-electron chi connectivity index (χ2n) is 28.0.